The molecule has 0 atom stereocenters. The van der Waals surface area contributed by atoms with E-state index in [1.807, 2.05) is 26.0 Å². The first-order valence-corrected chi connectivity index (χ1v) is 8.16. The Morgan fingerprint density at radius 3 is 2.39 bits per heavy atom. The molecule has 23 heavy (non-hydrogen) atoms. The molecule has 0 aliphatic heterocycles. The Bertz CT molecular complexity index is 697. The van der Waals surface area contributed by atoms with Crippen LogP contribution in [0.1, 0.15) is 34.7 Å². The second-order valence-electron chi connectivity index (χ2n) is 4.87. The first kappa shape index (κ1) is 17.1. The zero-order valence-corrected chi connectivity index (χ0v) is 14.6. The van der Waals surface area contributed by atoms with Gasteiger partial charge in [-0.05, 0) is 50.2 Å². The number of anilines is 1. The van der Waals surface area contributed by atoms with Gasteiger partial charge in [-0.3, -0.25) is 14.6 Å². The van der Waals surface area contributed by atoms with E-state index >= 15 is 0 Å². The van der Waals surface area contributed by atoms with Crippen molar-refractivity contribution in [3.8, 4) is 0 Å². The summed E-state index contributed by atoms with van der Waals surface area (Å²) in [7, 11) is 0. The molecule has 1 aromatic heterocycles. The lowest BCUT2D eigenvalue weighted by atomic mass is 10.2. The van der Waals surface area contributed by atoms with Crippen molar-refractivity contribution in [3.63, 3.8) is 0 Å². The van der Waals surface area contributed by atoms with Crippen LogP contribution in [0.4, 0.5) is 5.69 Å². The van der Waals surface area contributed by atoms with E-state index in [1.54, 1.807) is 23.1 Å². The van der Waals surface area contributed by atoms with Crippen LogP contribution in [-0.2, 0) is 0 Å². The molecule has 0 saturated carbocycles. The van der Waals surface area contributed by atoms with Crippen molar-refractivity contribution in [3.05, 3.63) is 58.3 Å². The number of benzene rings is 1. The van der Waals surface area contributed by atoms with E-state index in [4.69, 9.17) is 0 Å². The van der Waals surface area contributed by atoms with E-state index in [-0.39, 0.29) is 17.5 Å². The lowest BCUT2D eigenvalue weighted by Gasteiger charge is -2.18. The Labute approximate surface area is 143 Å². The van der Waals surface area contributed by atoms with Gasteiger partial charge < -0.3 is 10.2 Å². The molecule has 1 N–H and O–H groups in total. The van der Waals surface area contributed by atoms with Crippen molar-refractivity contribution < 1.29 is 9.59 Å². The quantitative estimate of drug-likeness (QED) is 0.868. The molecule has 120 valence electrons. The number of halogens is 1. The van der Waals surface area contributed by atoms with Crippen LogP contribution in [-0.4, -0.2) is 34.8 Å². The highest BCUT2D eigenvalue weighted by Crippen LogP contribution is 2.15. The minimum absolute atomic E-state index is 0.173. The summed E-state index contributed by atoms with van der Waals surface area (Å²) in [5, 5.41) is 2.80. The molecule has 0 aliphatic rings. The molecule has 2 amide bonds. The van der Waals surface area contributed by atoms with Crippen molar-refractivity contribution in [1.82, 2.24) is 9.88 Å². The summed E-state index contributed by atoms with van der Waals surface area (Å²) in [6, 6.07) is 10.4. The number of hydrogen-bond donors (Lipinski definition) is 1. The maximum atomic E-state index is 12.3. The molecule has 6 heteroatoms. The van der Waals surface area contributed by atoms with Gasteiger partial charge in [0.15, 0.2) is 0 Å². The normalized spacial score (nSPS) is 10.2. The third kappa shape index (κ3) is 4.39. The number of amides is 2. The molecular formula is C17H18BrN3O2. The summed E-state index contributed by atoms with van der Waals surface area (Å²) >= 11 is 3.35. The van der Waals surface area contributed by atoms with E-state index in [1.165, 1.54) is 12.3 Å². The number of pyridine rings is 1. The van der Waals surface area contributed by atoms with Crippen LogP contribution in [0, 0.1) is 0 Å². The smallest absolute Gasteiger partial charge is 0.272 e. The Balaban J connectivity index is 2.17. The maximum absolute atomic E-state index is 12.3. The van der Waals surface area contributed by atoms with E-state index in [2.05, 4.69) is 26.2 Å². The zero-order valence-electron chi connectivity index (χ0n) is 13.0. The molecule has 0 radical (unpaired) electrons. The second kappa shape index (κ2) is 7.87. The minimum atomic E-state index is -0.275. The number of carbonyl (C=O) groups is 2. The van der Waals surface area contributed by atoms with Crippen LogP contribution in [0.15, 0.2) is 47.1 Å². The van der Waals surface area contributed by atoms with Crippen molar-refractivity contribution in [2.75, 3.05) is 18.4 Å². The van der Waals surface area contributed by atoms with Gasteiger partial charge >= 0.3 is 0 Å². The maximum Gasteiger partial charge on any atom is 0.272 e. The molecule has 0 unspecified atom stereocenters. The highest BCUT2D eigenvalue weighted by molar-refractivity contribution is 9.10. The van der Waals surface area contributed by atoms with Gasteiger partial charge in [-0.25, -0.2) is 0 Å². The van der Waals surface area contributed by atoms with Gasteiger partial charge in [0.1, 0.15) is 5.69 Å². The van der Waals surface area contributed by atoms with Gasteiger partial charge in [-0.1, -0.05) is 15.9 Å². The topological polar surface area (TPSA) is 62.3 Å². The van der Waals surface area contributed by atoms with Crippen molar-refractivity contribution in [2.24, 2.45) is 0 Å². The van der Waals surface area contributed by atoms with Gasteiger partial charge in [0.05, 0.1) is 0 Å². The summed E-state index contributed by atoms with van der Waals surface area (Å²) in [5.74, 6) is -0.448. The summed E-state index contributed by atoms with van der Waals surface area (Å²) in [6.07, 6.45) is 1.48. The Morgan fingerprint density at radius 2 is 1.78 bits per heavy atom. The van der Waals surface area contributed by atoms with E-state index < -0.39 is 0 Å². The van der Waals surface area contributed by atoms with Crippen molar-refractivity contribution in [2.45, 2.75) is 13.8 Å². The summed E-state index contributed by atoms with van der Waals surface area (Å²) < 4.78 is 0.937. The SMILES string of the molecule is CCN(CC)C(=O)c1cc(C(=O)Nc2ccc(Br)cc2)ccn1. The van der Waals surface area contributed by atoms with Crippen LogP contribution < -0.4 is 5.32 Å². The molecule has 0 fully saturated rings. The molecule has 2 rings (SSSR count). The molecule has 5 nitrogen and oxygen atoms in total. The predicted molar refractivity (Wildman–Crippen MR) is 93.6 cm³/mol. The zero-order chi connectivity index (χ0) is 16.8. The number of aromatic nitrogens is 1. The van der Waals surface area contributed by atoms with E-state index in [0.717, 1.165) is 4.47 Å². The Kier molecular flexibility index (Phi) is 5.87. The number of hydrogen-bond acceptors (Lipinski definition) is 3. The number of nitrogens with one attached hydrogen (secondary N) is 1. The fourth-order valence-corrected chi connectivity index (χ4v) is 2.36. The van der Waals surface area contributed by atoms with Crippen LogP contribution in [0.3, 0.4) is 0 Å². The average molecular weight is 376 g/mol. The van der Waals surface area contributed by atoms with Crippen molar-refractivity contribution >= 4 is 33.4 Å². The molecule has 0 spiro atoms. The fraction of sp³-hybridized carbons (Fsp3) is 0.235. The summed E-state index contributed by atoms with van der Waals surface area (Å²) in [4.78, 5) is 30.4. The molecule has 1 heterocycles. The van der Waals surface area contributed by atoms with Crippen LogP contribution in [0.5, 0.6) is 0 Å². The Morgan fingerprint density at radius 1 is 1.13 bits per heavy atom. The van der Waals surface area contributed by atoms with Gasteiger partial charge in [-0.2, -0.15) is 0 Å². The van der Waals surface area contributed by atoms with Gasteiger partial charge in [0.2, 0.25) is 0 Å². The largest absolute Gasteiger partial charge is 0.338 e. The monoisotopic (exact) mass is 375 g/mol. The van der Waals surface area contributed by atoms with Gasteiger partial charge in [-0.15, -0.1) is 0 Å². The van der Waals surface area contributed by atoms with Crippen LogP contribution in [0.25, 0.3) is 0 Å². The molecule has 0 bridgehead atoms. The highest BCUT2D eigenvalue weighted by atomic mass is 79.9. The third-order valence-electron chi connectivity index (χ3n) is 3.39. The van der Waals surface area contributed by atoms with E-state index in [0.29, 0.717) is 24.3 Å². The molecule has 0 saturated heterocycles. The second-order valence-corrected chi connectivity index (χ2v) is 5.78. The fourth-order valence-electron chi connectivity index (χ4n) is 2.10. The number of rotatable bonds is 5. The Hall–Kier alpha value is -2.21. The molecular weight excluding hydrogens is 358 g/mol. The first-order valence-electron chi connectivity index (χ1n) is 7.37. The average Bonchev–Trinajstić information content (AvgIpc) is 2.58. The minimum Gasteiger partial charge on any atom is -0.338 e. The predicted octanol–water partition coefficient (Wildman–Crippen LogP) is 3.58. The van der Waals surface area contributed by atoms with Crippen LogP contribution in [0.2, 0.25) is 0 Å². The summed E-state index contributed by atoms with van der Waals surface area (Å²) in [6.45, 7) is 5.02. The first-order chi connectivity index (χ1) is 11.0. The van der Waals surface area contributed by atoms with Crippen molar-refractivity contribution in [1.29, 1.82) is 0 Å². The third-order valence-corrected chi connectivity index (χ3v) is 3.92. The molecule has 1 aromatic carbocycles. The number of carbonyl (C=O) groups excluding carboxylic acids is 2. The van der Waals surface area contributed by atoms with Gasteiger partial charge in [0.25, 0.3) is 11.8 Å². The number of nitrogens with zero attached hydrogens (tertiary/aromatic N) is 2. The van der Waals surface area contributed by atoms with E-state index in [9.17, 15) is 9.59 Å². The highest BCUT2D eigenvalue weighted by Gasteiger charge is 2.16. The van der Waals surface area contributed by atoms with Gasteiger partial charge in [0, 0.05) is 35.0 Å². The van der Waals surface area contributed by atoms with Crippen LogP contribution >= 0.6 is 15.9 Å². The standard InChI is InChI=1S/C17H18BrN3O2/c1-3-21(4-2)17(23)15-11-12(9-10-19-15)16(22)20-14-7-5-13(18)6-8-14/h5-11H,3-4H2,1-2H3,(H,20,22). The molecule has 0 aliphatic carbocycles. The lowest BCUT2D eigenvalue weighted by molar-refractivity contribution is 0.0767. The molecule has 2 aromatic rings. The lowest BCUT2D eigenvalue weighted by Crippen LogP contribution is -2.31. The summed E-state index contributed by atoms with van der Waals surface area (Å²) in [5.41, 5.74) is 1.36.